The van der Waals surface area contributed by atoms with E-state index >= 15 is 0 Å². The van der Waals surface area contributed by atoms with Gasteiger partial charge in [-0.15, -0.1) is 0 Å². The second-order valence-corrected chi connectivity index (χ2v) is 5.65. The van der Waals surface area contributed by atoms with E-state index in [1.165, 1.54) is 0 Å². The number of ether oxygens (including phenoxy) is 1. The van der Waals surface area contributed by atoms with Gasteiger partial charge in [-0.3, -0.25) is 0 Å². The van der Waals surface area contributed by atoms with Gasteiger partial charge in [0, 0.05) is 24.6 Å². The van der Waals surface area contributed by atoms with Crippen LogP contribution in [0.4, 0.5) is 4.79 Å². The van der Waals surface area contributed by atoms with Crippen molar-refractivity contribution >= 4 is 6.03 Å². The van der Waals surface area contributed by atoms with Crippen LogP contribution in [-0.4, -0.2) is 42.3 Å². The Labute approximate surface area is 125 Å². The fourth-order valence-corrected chi connectivity index (χ4v) is 2.74. The van der Waals surface area contributed by atoms with Crippen LogP contribution >= 0.6 is 0 Å². The molecule has 1 saturated heterocycles. The van der Waals surface area contributed by atoms with E-state index in [2.05, 4.69) is 5.32 Å². The summed E-state index contributed by atoms with van der Waals surface area (Å²) in [5, 5.41) is 12.6. The standard InChI is InChI=1S/C16H24N2O3/c1-11(14-6-4-5-7-15(14)21-3)17-16(20)18-9-8-13(10-18)12(2)19/h4-7,11-13,19H,8-10H2,1-3H3,(H,17,20)/t11-,12+,13-/m0/s1. The summed E-state index contributed by atoms with van der Waals surface area (Å²) in [5.41, 5.74) is 0.958. The van der Waals surface area contributed by atoms with Crippen molar-refractivity contribution in [2.24, 2.45) is 5.92 Å². The van der Waals surface area contributed by atoms with E-state index in [1.807, 2.05) is 31.2 Å². The lowest BCUT2D eigenvalue weighted by molar-refractivity contribution is 0.129. The van der Waals surface area contributed by atoms with Crippen LogP contribution in [0.3, 0.4) is 0 Å². The molecule has 2 amide bonds. The molecular formula is C16H24N2O3. The highest BCUT2D eigenvalue weighted by molar-refractivity contribution is 5.75. The third kappa shape index (κ3) is 3.67. The largest absolute Gasteiger partial charge is 0.496 e. The molecule has 21 heavy (non-hydrogen) atoms. The molecule has 1 aromatic carbocycles. The van der Waals surface area contributed by atoms with Crippen molar-refractivity contribution in [3.63, 3.8) is 0 Å². The predicted octanol–water partition coefficient (Wildman–Crippen LogP) is 2.17. The maximum atomic E-state index is 12.3. The van der Waals surface area contributed by atoms with Crippen molar-refractivity contribution < 1.29 is 14.6 Å². The molecule has 5 heteroatoms. The van der Waals surface area contributed by atoms with Crippen LogP contribution in [0.25, 0.3) is 0 Å². The number of likely N-dealkylation sites (tertiary alicyclic amines) is 1. The lowest BCUT2D eigenvalue weighted by Gasteiger charge is -2.22. The van der Waals surface area contributed by atoms with E-state index in [0.29, 0.717) is 13.1 Å². The number of para-hydroxylation sites is 1. The SMILES string of the molecule is COc1ccccc1[C@H](C)NC(=O)N1CC[C@H]([C@@H](C)O)C1. The first-order chi connectivity index (χ1) is 10.0. The van der Waals surface area contributed by atoms with Crippen LogP contribution in [0.5, 0.6) is 5.75 Å². The maximum absolute atomic E-state index is 12.3. The molecule has 0 bridgehead atoms. The van der Waals surface area contributed by atoms with Crippen LogP contribution in [0.1, 0.15) is 31.9 Å². The Kier molecular flexibility index (Phi) is 5.07. The molecule has 1 fully saturated rings. The van der Waals surface area contributed by atoms with Gasteiger partial charge in [0.05, 0.1) is 19.3 Å². The quantitative estimate of drug-likeness (QED) is 0.894. The van der Waals surface area contributed by atoms with Gasteiger partial charge in [-0.25, -0.2) is 4.79 Å². The molecule has 2 rings (SSSR count). The number of urea groups is 1. The average Bonchev–Trinajstić information content (AvgIpc) is 2.97. The van der Waals surface area contributed by atoms with Gasteiger partial charge in [0.15, 0.2) is 0 Å². The highest BCUT2D eigenvalue weighted by Gasteiger charge is 2.29. The molecule has 0 aromatic heterocycles. The van der Waals surface area contributed by atoms with Crippen LogP contribution in [0.15, 0.2) is 24.3 Å². The Morgan fingerprint density at radius 2 is 2.14 bits per heavy atom. The Hall–Kier alpha value is -1.75. The van der Waals surface area contributed by atoms with Crippen LogP contribution in [0, 0.1) is 5.92 Å². The zero-order valence-corrected chi connectivity index (χ0v) is 12.9. The molecule has 3 atom stereocenters. The van der Waals surface area contributed by atoms with Gasteiger partial charge in [-0.05, 0) is 26.3 Å². The number of hydrogen-bond acceptors (Lipinski definition) is 3. The van der Waals surface area contributed by atoms with E-state index < -0.39 is 0 Å². The molecule has 2 N–H and O–H groups in total. The van der Waals surface area contributed by atoms with Crippen molar-refractivity contribution in [3.8, 4) is 5.75 Å². The fraction of sp³-hybridized carbons (Fsp3) is 0.562. The normalized spacial score (nSPS) is 21.0. The smallest absolute Gasteiger partial charge is 0.317 e. The minimum absolute atomic E-state index is 0.0865. The summed E-state index contributed by atoms with van der Waals surface area (Å²) in [4.78, 5) is 14.1. The third-order valence-corrected chi connectivity index (χ3v) is 4.14. The number of methoxy groups -OCH3 is 1. The first-order valence-electron chi connectivity index (χ1n) is 7.39. The summed E-state index contributed by atoms with van der Waals surface area (Å²) in [6, 6.07) is 7.46. The summed E-state index contributed by atoms with van der Waals surface area (Å²) in [7, 11) is 1.63. The molecule has 1 aliphatic heterocycles. The molecule has 0 unspecified atom stereocenters. The van der Waals surface area contributed by atoms with Crippen LogP contribution in [-0.2, 0) is 0 Å². The number of rotatable bonds is 4. The van der Waals surface area contributed by atoms with Crippen molar-refractivity contribution in [1.82, 2.24) is 10.2 Å². The highest BCUT2D eigenvalue weighted by atomic mass is 16.5. The first-order valence-corrected chi connectivity index (χ1v) is 7.39. The lowest BCUT2D eigenvalue weighted by atomic mass is 10.0. The minimum atomic E-state index is -0.366. The summed E-state index contributed by atoms with van der Waals surface area (Å²) >= 11 is 0. The second-order valence-electron chi connectivity index (χ2n) is 5.65. The fourth-order valence-electron chi connectivity index (χ4n) is 2.74. The van der Waals surface area contributed by atoms with Gasteiger partial charge in [0.1, 0.15) is 5.75 Å². The number of carbonyl (C=O) groups excluding carboxylic acids is 1. The Morgan fingerprint density at radius 3 is 2.76 bits per heavy atom. The number of carbonyl (C=O) groups is 1. The van der Waals surface area contributed by atoms with Crippen molar-refractivity contribution in [1.29, 1.82) is 0 Å². The zero-order chi connectivity index (χ0) is 15.4. The molecule has 0 spiro atoms. The van der Waals surface area contributed by atoms with E-state index in [1.54, 1.807) is 18.9 Å². The number of benzene rings is 1. The molecule has 5 nitrogen and oxygen atoms in total. The minimum Gasteiger partial charge on any atom is -0.496 e. The monoisotopic (exact) mass is 292 g/mol. The molecule has 1 aliphatic rings. The molecule has 0 radical (unpaired) electrons. The number of aliphatic hydroxyl groups excluding tert-OH is 1. The molecular weight excluding hydrogens is 268 g/mol. The number of nitrogens with one attached hydrogen (secondary N) is 1. The van der Waals surface area contributed by atoms with Crippen molar-refractivity contribution in [2.75, 3.05) is 20.2 Å². The first kappa shape index (κ1) is 15.6. The zero-order valence-electron chi connectivity index (χ0n) is 12.9. The van der Waals surface area contributed by atoms with Crippen molar-refractivity contribution in [3.05, 3.63) is 29.8 Å². The summed E-state index contributed by atoms with van der Waals surface area (Å²) in [6.07, 6.45) is 0.489. The molecule has 116 valence electrons. The second kappa shape index (κ2) is 6.80. The number of hydrogen-bond donors (Lipinski definition) is 2. The van der Waals surface area contributed by atoms with Crippen molar-refractivity contribution in [2.45, 2.75) is 32.4 Å². The van der Waals surface area contributed by atoms with Gasteiger partial charge in [0.2, 0.25) is 0 Å². The van der Waals surface area contributed by atoms with Crippen LogP contribution in [0.2, 0.25) is 0 Å². The van der Waals surface area contributed by atoms with Gasteiger partial charge >= 0.3 is 6.03 Å². The summed E-state index contributed by atoms with van der Waals surface area (Å²) in [5.74, 6) is 0.950. The highest BCUT2D eigenvalue weighted by Crippen LogP contribution is 2.25. The Bertz CT molecular complexity index is 490. The van der Waals surface area contributed by atoms with Gasteiger partial charge < -0.3 is 20.1 Å². The van der Waals surface area contributed by atoms with Gasteiger partial charge in [-0.2, -0.15) is 0 Å². The number of aliphatic hydroxyl groups is 1. The Balaban J connectivity index is 1.96. The predicted molar refractivity (Wildman–Crippen MR) is 81.3 cm³/mol. The Morgan fingerprint density at radius 1 is 1.43 bits per heavy atom. The van der Waals surface area contributed by atoms with E-state index in [4.69, 9.17) is 4.74 Å². The average molecular weight is 292 g/mol. The number of amides is 2. The van der Waals surface area contributed by atoms with E-state index in [9.17, 15) is 9.90 Å². The topological polar surface area (TPSA) is 61.8 Å². The van der Waals surface area contributed by atoms with Crippen LogP contribution < -0.4 is 10.1 Å². The van der Waals surface area contributed by atoms with E-state index in [0.717, 1.165) is 17.7 Å². The summed E-state index contributed by atoms with van der Waals surface area (Å²) < 4.78 is 5.32. The third-order valence-electron chi connectivity index (χ3n) is 4.14. The molecule has 1 aromatic rings. The van der Waals surface area contributed by atoms with E-state index in [-0.39, 0.29) is 24.1 Å². The molecule has 0 saturated carbocycles. The number of nitrogens with zero attached hydrogens (tertiary/aromatic N) is 1. The summed E-state index contributed by atoms with van der Waals surface area (Å²) in [6.45, 7) is 5.03. The van der Waals surface area contributed by atoms with Gasteiger partial charge in [-0.1, -0.05) is 18.2 Å². The maximum Gasteiger partial charge on any atom is 0.317 e. The molecule has 1 heterocycles. The lowest BCUT2D eigenvalue weighted by Crippen LogP contribution is -2.40. The molecule has 0 aliphatic carbocycles. The van der Waals surface area contributed by atoms with Gasteiger partial charge in [0.25, 0.3) is 0 Å².